The van der Waals surface area contributed by atoms with Gasteiger partial charge in [0.15, 0.2) is 6.61 Å². The third-order valence-corrected chi connectivity index (χ3v) is 3.16. The minimum Gasteiger partial charge on any atom is -0.484 e. The van der Waals surface area contributed by atoms with Crippen LogP contribution in [0.15, 0.2) is 18.2 Å². The van der Waals surface area contributed by atoms with Gasteiger partial charge in [-0.2, -0.15) is 0 Å². The number of aryl methyl sites for hydroxylation is 1. The van der Waals surface area contributed by atoms with E-state index >= 15 is 0 Å². The Bertz CT molecular complexity index is 447. The van der Waals surface area contributed by atoms with Gasteiger partial charge < -0.3 is 19.9 Å². The van der Waals surface area contributed by atoms with Gasteiger partial charge in [-0.15, -0.1) is 0 Å². The number of carbonyl (C=O) groups excluding carboxylic acids is 1. The third kappa shape index (κ3) is 3.68. The molecule has 2 N–H and O–H groups in total. The smallest absolute Gasteiger partial charge is 0.258 e. The quantitative estimate of drug-likeness (QED) is 0.747. The molecule has 1 aliphatic rings. The molecular formula is C14H19NO4. The number of nitrogens with one attached hydrogen (secondary N) is 1. The van der Waals surface area contributed by atoms with Crippen LogP contribution in [0.3, 0.4) is 0 Å². The molecule has 2 rings (SSSR count). The topological polar surface area (TPSA) is 67.8 Å². The van der Waals surface area contributed by atoms with Crippen LogP contribution in [0.5, 0.6) is 5.75 Å². The standard InChI is InChI=1S/C14H19NO4/c1-18-7-6-15-14(17)9-19-11-3-4-12-10(8-11)2-5-13(12)16/h3-4,8,13,16H,2,5-7,9H2,1H3,(H,15,17). The van der Waals surface area contributed by atoms with Crippen LogP contribution in [0.4, 0.5) is 0 Å². The van der Waals surface area contributed by atoms with E-state index < -0.39 is 0 Å². The molecular weight excluding hydrogens is 246 g/mol. The van der Waals surface area contributed by atoms with E-state index in [4.69, 9.17) is 9.47 Å². The Morgan fingerprint density at radius 3 is 3.16 bits per heavy atom. The molecule has 0 radical (unpaired) electrons. The third-order valence-electron chi connectivity index (χ3n) is 3.16. The van der Waals surface area contributed by atoms with Gasteiger partial charge in [0.05, 0.1) is 12.7 Å². The Labute approximate surface area is 112 Å². The van der Waals surface area contributed by atoms with Crippen molar-refractivity contribution in [1.29, 1.82) is 0 Å². The van der Waals surface area contributed by atoms with Crippen molar-refractivity contribution in [3.8, 4) is 5.75 Å². The average molecular weight is 265 g/mol. The maximum Gasteiger partial charge on any atom is 0.258 e. The second kappa shape index (κ2) is 6.54. The fourth-order valence-electron chi connectivity index (χ4n) is 2.15. The highest BCUT2D eigenvalue weighted by atomic mass is 16.5. The van der Waals surface area contributed by atoms with E-state index in [1.54, 1.807) is 13.2 Å². The fourth-order valence-corrected chi connectivity index (χ4v) is 2.15. The summed E-state index contributed by atoms with van der Waals surface area (Å²) < 4.78 is 10.3. The molecule has 0 fully saturated rings. The van der Waals surface area contributed by atoms with Crippen LogP contribution in [0.2, 0.25) is 0 Å². The highest BCUT2D eigenvalue weighted by molar-refractivity contribution is 5.77. The monoisotopic (exact) mass is 265 g/mol. The van der Waals surface area contributed by atoms with Crippen molar-refractivity contribution in [3.05, 3.63) is 29.3 Å². The lowest BCUT2D eigenvalue weighted by atomic mass is 10.1. The summed E-state index contributed by atoms with van der Waals surface area (Å²) >= 11 is 0. The van der Waals surface area contributed by atoms with Gasteiger partial charge in [0, 0.05) is 13.7 Å². The van der Waals surface area contributed by atoms with Crippen molar-refractivity contribution in [1.82, 2.24) is 5.32 Å². The van der Waals surface area contributed by atoms with Gasteiger partial charge in [0.2, 0.25) is 0 Å². The number of hydrogen-bond acceptors (Lipinski definition) is 4. The molecule has 0 aromatic heterocycles. The van der Waals surface area contributed by atoms with Crippen molar-refractivity contribution in [2.45, 2.75) is 18.9 Å². The molecule has 1 amide bonds. The number of fused-ring (bicyclic) bond motifs is 1. The lowest BCUT2D eigenvalue weighted by molar-refractivity contribution is -0.123. The second-order valence-electron chi connectivity index (χ2n) is 4.55. The second-order valence-corrected chi connectivity index (χ2v) is 4.55. The summed E-state index contributed by atoms with van der Waals surface area (Å²) in [6.45, 7) is 0.961. The predicted molar refractivity (Wildman–Crippen MR) is 70.1 cm³/mol. The zero-order chi connectivity index (χ0) is 13.7. The maximum absolute atomic E-state index is 11.4. The fraction of sp³-hybridized carbons (Fsp3) is 0.500. The SMILES string of the molecule is COCCNC(=O)COc1ccc2c(c1)CCC2O. The number of methoxy groups -OCH3 is 1. The number of aliphatic hydroxyl groups excluding tert-OH is 1. The number of carbonyl (C=O) groups is 1. The summed E-state index contributed by atoms with van der Waals surface area (Å²) in [7, 11) is 1.58. The number of aliphatic hydroxyl groups is 1. The summed E-state index contributed by atoms with van der Waals surface area (Å²) in [5, 5.41) is 12.4. The number of benzene rings is 1. The minimum atomic E-state index is -0.360. The van der Waals surface area contributed by atoms with E-state index in [1.165, 1.54) is 0 Å². The normalized spacial score (nSPS) is 17.1. The predicted octanol–water partition coefficient (Wildman–Crippen LogP) is 0.808. The Morgan fingerprint density at radius 1 is 1.53 bits per heavy atom. The summed E-state index contributed by atoms with van der Waals surface area (Å²) in [4.78, 5) is 11.4. The molecule has 0 heterocycles. The molecule has 1 aromatic carbocycles. The number of hydrogen-bond donors (Lipinski definition) is 2. The number of rotatable bonds is 6. The Hall–Kier alpha value is -1.59. The van der Waals surface area contributed by atoms with Crippen LogP contribution in [-0.2, 0) is 16.0 Å². The molecule has 0 aliphatic heterocycles. The van der Waals surface area contributed by atoms with Crippen molar-refractivity contribution in [3.63, 3.8) is 0 Å². The van der Waals surface area contributed by atoms with Gasteiger partial charge in [-0.05, 0) is 36.1 Å². The summed E-state index contributed by atoms with van der Waals surface area (Å²) in [6.07, 6.45) is 1.26. The van der Waals surface area contributed by atoms with Crippen LogP contribution in [0.1, 0.15) is 23.7 Å². The largest absolute Gasteiger partial charge is 0.484 e. The first-order chi connectivity index (χ1) is 9.20. The van der Waals surface area contributed by atoms with E-state index in [2.05, 4.69) is 5.32 Å². The molecule has 5 nitrogen and oxygen atoms in total. The zero-order valence-corrected chi connectivity index (χ0v) is 11.0. The van der Waals surface area contributed by atoms with Gasteiger partial charge in [-0.1, -0.05) is 6.07 Å². The first-order valence-corrected chi connectivity index (χ1v) is 6.40. The van der Waals surface area contributed by atoms with Crippen molar-refractivity contribution in [2.24, 2.45) is 0 Å². The van der Waals surface area contributed by atoms with E-state index in [0.29, 0.717) is 18.9 Å². The summed E-state index contributed by atoms with van der Waals surface area (Å²) in [5.41, 5.74) is 2.07. The molecule has 1 atom stereocenters. The van der Waals surface area contributed by atoms with Gasteiger partial charge in [-0.3, -0.25) is 4.79 Å². The molecule has 1 aliphatic carbocycles. The van der Waals surface area contributed by atoms with Crippen LogP contribution < -0.4 is 10.1 Å². The maximum atomic E-state index is 11.4. The molecule has 0 saturated carbocycles. The first-order valence-electron chi connectivity index (χ1n) is 6.40. The molecule has 5 heteroatoms. The van der Waals surface area contributed by atoms with E-state index in [1.807, 2.05) is 12.1 Å². The van der Waals surface area contributed by atoms with Crippen LogP contribution in [-0.4, -0.2) is 37.9 Å². The first kappa shape index (κ1) is 13.8. The Balaban J connectivity index is 1.82. The summed E-state index contributed by atoms with van der Waals surface area (Å²) in [5.74, 6) is 0.493. The Kier molecular flexibility index (Phi) is 4.76. The van der Waals surface area contributed by atoms with Gasteiger partial charge in [0.25, 0.3) is 5.91 Å². The van der Waals surface area contributed by atoms with E-state index in [9.17, 15) is 9.90 Å². The van der Waals surface area contributed by atoms with Gasteiger partial charge >= 0.3 is 0 Å². The van der Waals surface area contributed by atoms with Crippen molar-refractivity contribution >= 4 is 5.91 Å². The molecule has 0 bridgehead atoms. The van der Waals surface area contributed by atoms with Crippen LogP contribution in [0, 0.1) is 0 Å². The average Bonchev–Trinajstić information content (AvgIpc) is 2.78. The lowest BCUT2D eigenvalue weighted by Gasteiger charge is -2.09. The minimum absolute atomic E-state index is 0.00887. The molecule has 0 spiro atoms. The van der Waals surface area contributed by atoms with Gasteiger partial charge in [-0.25, -0.2) is 0 Å². The summed E-state index contributed by atoms with van der Waals surface area (Å²) in [6, 6.07) is 5.55. The van der Waals surface area contributed by atoms with Gasteiger partial charge in [0.1, 0.15) is 5.75 Å². The zero-order valence-electron chi connectivity index (χ0n) is 11.0. The van der Waals surface area contributed by atoms with Crippen molar-refractivity contribution in [2.75, 3.05) is 26.9 Å². The highest BCUT2D eigenvalue weighted by Gasteiger charge is 2.20. The van der Waals surface area contributed by atoms with Crippen molar-refractivity contribution < 1.29 is 19.4 Å². The van der Waals surface area contributed by atoms with Crippen LogP contribution in [0.25, 0.3) is 0 Å². The molecule has 1 unspecified atom stereocenters. The molecule has 19 heavy (non-hydrogen) atoms. The number of ether oxygens (including phenoxy) is 2. The number of amides is 1. The highest BCUT2D eigenvalue weighted by Crippen LogP contribution is 2.33. The van der Waals surface area contributed by atoms with Crippen LogP contribution >= 0.6 is 0 Å². The lowest BCUT2D eigenvalue weighted by Crippen LogP contribution is -2.31. The molecule has 1 aromatic rings. The van der Waals surface area contributed by atoms with E-state index in [0.717, 1.165) is 24.0 Å². The molecule has 0 saturated heterocycles. The molecule has 104 valence electrons. The van der Waals surface area contributed by atoms with E-state index in [-0.39, 0.29) is 18.6 Å². The Morgan fingerprint density at radius 2 is 2.37 bits per heavy atom.